The molecule has 2 saturated heterocycles. The van der Waals surface area contributed by atoms with E-state index < -0.39 is 0 Å². The molecule has 184 valence electrons. The van der Waals surface area contributed by atoms with Crippen LogP contribution in [0.4, 0.5) is 0 Å². The lowest BCUT2D eigenvalue weighted by molar-refractivity contribution is -0.140. The van der Waals surface area contributed by atoms with Crippen LogP contribution in [-0.4, -0.2) is 85.9 Å². The highest BCUT2D eigenvalue weighted by atomic mass is 16.5. The van der Waals surface area contributed by atoms with E-state index >= 15 is 0 Å². The molecule has 1 aromatic carbocycles. The van der Waals surface area contributed by atoms with Crippen LogP contribution in [0, 0.1) is 23.7 Å². The number of unbranched alkanes of at least 4 members (excludes halogenated alkanes) is 1. The number of ether oxygens (including phenoxy) is 2. The number of methoxy groups -OCH3 is 2. The van der Waals surface area contributed by atoms with Gasteiger partial charge in [0.25, 0.3) is 5.91 Å². The number of benzene rings is 1. The van der Waals surface area contributed by atoms with E-state index in [2.05, 4.69) is 4.90 Å². The summed E-state index contributed by atoms with van der Waals surface area (Å²) in [6.45, 7) is 4.50. The van der Waals surface area contributed by atoms with E-state index in [9.17, 15) is 14.4 Å². The summed E-state index contributed by atoms with van der Waals surface area (Å²) >= 11 is 0. The van der Waals surface area contributed by atoms with Gasteiger partial charge in [0.05, 0.1) is 26.1 Å². The molecule has 34 heavy (non-hydrogen) atoms. The number of likely N-dealkylation sites (tertiary alicyclic amines) is 1. The molecule has 2 heterocycles. The van der Waals surface area contributed by atoms with Crippen molar-refractivity contribution in [3.8, 4) is 11.5 Å². The van der Waals surface area contributed by atoms with E-state index in [1.807, 2.05) is 4.90 Å². The van der Waals surface area contributed by atoms with Crippen molar-refractivity contribution in [2.24, 2.45) is 23.7 Å². The molecular weight excluding hydrogens is 434 g/mol. The van der Waals surface area contributed by atoms with Crippen LogP contribution in [0.3, 0.4) is 0 Å². The molecule has 3 amide bonds. The minimum atomic E-state index is -0.0115. The lowest BCUT2D eigenvalue weighted by atomic mass is 9.81. The van der Waals surface area contributed by atoms with Crippen molar-refractivity contribution in [3.63, 3.8) is 0 Å². The number of nitrogens with zero attached hydrogens (tertiary/aromatic N) is 3. The number of carbonyl (C=O) groups excluding carboxylic acids is 3. The normalized spacial score (nSPS) is 28.5. The largest absolute Gasteiger partial charge is 0.493 e. The van der Waals surface area contributed by atoms with Gasteiger partial charge in [-0.15, -0.1) is 0 Å². The van der Waals surface area contributed by atoms with E-state index in [4.69, 9.17) is 9.47 Å². The minimum absolute atomic E-state index is 0.00572. The molecule has 1 aromatic rings. The monoisotopic (exact) mass is 469 g/mol. The molecule has 0 radical (unpaired) electrons. The number of hydrogen-bond donors (Lipinski definition) is 0. The van der Waals surface area contributed by atoms with Gasteiger partial charge in [0, 0.05) is 38.3 Å². The van der Waals surface area contributed by atoms with Crippen LogP contribution in [0.5, 0.6) is 11.5 Å². The fourth-order valence-corrected chi connectivity index (χ4v) is 6.62. The summed E-state index contributed by atoms with van der Waals surface area (Å²) in [5.41, 5.74) is 0.601. The quantitative estimate of drug-likeness (QED) is 0.429. The van der Waals surface area contributed by atoms with Gasteiger partial charge in [-0.25, -0.2) is 0 Å². The van der Waals surface area contributed by atoms with Gasteiger partial charge in [0.1, 0.15) is 0 Å². The van der Waals surface area contributed by atoms with Crippen molar-refractivity contribution in [2.75, 3.05) is 53.5 Å². The van der Waals surface area contributed by atoms with Gasteiger partial charge in [-0.3, -0.25) is 24.2 Å². The summed E-state index contributed by atoms with van der Waals surface area (Å²) in [5.74, 6) is 2.25. The van der Waals surface area contributed by atoms with E-state index in [-0.39, 0.29) is 29.6 Å². The molecule has 0 aromatic heterocycles. The highest BCUT2D eigenvalue weighted by Crippen LogP contribution is 2.56. The first-order chi connectivity index (χ1) is 16.5. The third kappa shape index (κ3) is 4.06. The average Bonchev–Trinajstić information content (AvgIpc) is 3.55. The Morgan fingerprint density at radius 3 is 2.12 bits per heavy atom. The smallest absolute Gasteiger partial charge is 0.254 e. The van der Waals surface area contributed by atoms with Crippen LogP contribution in [-0.2, 0) is 9.59 Å². The Bertz CT molecular complexity index is 930. The molecule has 0 unspecified atom stereocenters. The standard InChI is InChI=1S/C26H35N3O5/c1-33-20-8-7-19(16-21(20)34-2)24(30)28-13-11-27(12-14-28)9-3-4-10-29-25(31)22-17-5-6-18(15-17)23(22)26(29)32/h7-8,16-18,22-23H,3-6,9-15H2,1-2H3/t17-,18+,22+,23-. The Morgan fingerprint density at radius 1 is 0.882 bits per heavy atom. The van der Waals surface area contributed by atoms with Crippen molar-refractivity contribution in [1.82, 2.24) is 14.7 Å². The summed E-state index contributed by atoms with van der Waals surface area (Å²) in [6.07, 6.45) is 5.12. The summed E-state index contributed by atoms with van der Waals surface area (Å²) < 4.78 is 10.6. The molecular formula is C26H35N3O5. The van der Waals surface area contributed by atoms with Crippen molar-refractivity contribution < 1.29 is 23.9 Å². The predicted octanol–water partition coefficient (Wildman–Crippen LogP) is 2.27. The highest BCUT2D eigenvalue weighted by Gasteiger charge is 2.60. The number of piperazine rings is 1. The third-order valence-corrected chi connectivity index (χ3v) is 8.41. The molecule has 2 saturated carbocycles. The van der Waals surface area contributed by atoms with Gasteiger partial charge in [-0.1, -0.05) is 0 Å². The molecule has 4 aliphatic rings. The van der Waals surface area contributed by atoms with Gasteiger partial charge in [0.15, 0.2) is 11.5 Å². The predicted molar refractivity (Wildman–Crippen MR) is 126 cm³/mol. The van der Waals surface area contributed by atoms with Crippen LogP contribution >= 0.6 is 0 Å². The van der Waals surface area contributed by atoms with E-state index in [1.165, 1.54) is 0 Å². The summed E-state index contributed by atoms with van der Waals surface area (Å²) in [6, 6.07) is 5.26. The number of amides is 3. The van der Waals surface area contributed by atoms with Crippen molar-refractivity contribution >= 4 is 17.7 Å². The first-order valence-corrected chi connectivity index (χ1v) is 12.6. The first kappa shape index (κ1) is 23.1. The van der Waals surface area contributed by atoms with Gasteiger partial charge >= 0.3 is 0 Å². The highest BCUT2D eigenvalue weighted by molar-refractivity contribution is 6.06. The average molecular weight is 470 g/mol. The van der Waals surface area contributed by atoms with Crippen LogP contribution in [0.15, 0.2) is 18.2 Å². The van der Waals surface area contributed by atoms with E-state index in [1.54, 1.807) is 37.3 Å². The van der Waals surface area contributed by atoms with Crippen molar-refractivity contribution in [1.29, 1.82) is 0 Å². The fourth-order valence-electron chi connectivity index (χ4n) is 6.62. The van der Waals surface area contributed by atoms with Gasteiger partial charge in [0.2, 0.25) is 11.8 Å². The first-order valence-electron chi connectivity index (χ1n) is 12.6. The SMILES string of the molecule is COc1ccc(C(=O)N2CCN(CCCCN3C(=O)[C@@H]4[C@H]5CC[C@H](C5)[C@@H]4C3=O)CC2)cc1OC. The maximum Gasteiger partial charge on any atom is 0.254 e. The number of carbonyl (C=O) groups is 3. The van der Waals surface area contributed by atoms with E-state index in [0.29, 0.717) is 48.5 Å². The Hall–Kier alpha value is -2.61. The molecule has 4 fully saturated rings. The zero-order chi connectivity index (χ0) is 23.8. The van der Waals surface area contributed by atoms with Crippen LogP contribution in [0.2, 0.25) is 0 Å². The molecule has 5 rings (SSSR count). The second-order valence-corrected chi connectivity index (χ2v) is 10.1. The Kier molecular flexibility index (Phi) is 6.51. The van der Waals surface area contributed by atoms with E-state index in [0.717, 1.165) is 51.7 Å². The summed E-state index contributed by atoms with van der Waals surface area (Å²) in [5, 5.41) is 0. The molecule has 8 nitrogen and oxygen atoms in total. The van der Waals surface area contributed by atoms with Gasteiger partial charge in [-0.05, 0) is 68.7 Å². The zero-order valence-corrected chi connectivity index (χ0v) is 20.2. The van der Waals surface area contributed by atoms with Gasteiger partial charge < -0.3 is 14.4 Å². The second kappa shape index (κ2) is 9.56. The number of fused-ring (bicyclic) bond motifs is 5. The number of hydrogen-bond acceptors (Lipinski definition) is 6. The topological polar surface area (TPSA) is 79.4 Å². The molecule has 0 spiro atoms. The number of rotatable bonds is 8. The molecule has 2 bridgehead atoms. The lowest BCUT2D eigenvalue weighted by Crippen LogP contribution is -2.48. The van der Waals surface area contributed by atoms with Crippen molar-refractivity contribution in [3.05, 3.63) is 23.8 Å². The maximum atomic E-state index is 12.9. The Morgan fingerprint density at radius 2 is 1.50 bits per heavy atom. The summed E-state index contributed by atoms with van der Waals surface area (Å²) in [7, 11) is 3.14. The maximum absolute atomic E-state index is 12.9. The molecule has 0 N–H and O–H groups in total. The third-order valence-electron chi connectivity index (χ3n) is 8.41. The fraction of sp³-hybridized carbons (Fsp3) is 0.654. The Labute approximate surface area is 201 Å². The second-order valence-electron chi connectivity index (χ2n) is 10.1. The molecule has 2 aliphatic heterocycles. The van der Waals surface area contributed by atoms with Crippen LogP contribution < -0.4 is 9.47 Å². The van der Waals surface area contributed by atoms with Crippen molar-refractivity contribution in [2.45, 2.75) is 32.1 Å². The van der Waals surface area contributed by atoms with Crippen LogP contribution in [0.1, 0.15) is 42.5 Å². The molecule has 8 heteroatoms. The number of imide groups is 1. The summed E-state index contributed by atoms with van der Waals surface area (Å²) in [4.78, 5) is 44.4. The Balaban J connectivity index is 1.05. The van der Waals surface area contributed by atoms with Crippen LogP contribution in [0.25, 0.3) is 0 Å². The minimum Gasteiger partial charge on any atom is -0.493 e. The van der Waals surface area contributed by atoms with Gasteiger partial charge in [-0.2, -0.15) is 0 Å². The molecule has 2 aliphatic carbocycles. The molecule has 4 atom stereocenters. The lowest BCUT2D eigenvalue weighted by Gasteiger charge is -2.35. The zero-order valence-electron chi connectivity index (χ0n) is 20.2.